The number of aromatic nitrogens is 4. The van der Waals surface area contributed by atoms with Crippen LogP contribution in [-0.4, -0.2) is 58.6 Å². The number of nitrogens with zero attached hydrogens (tertiary/aromatic N) is 6. The summed E-state index contributed by atoms with van der Waals surface area (Å²) in [4.78, 5) is 29.6. The minimum Gasteiger partial charge on any atom is -0.378 e. The van der Waals surface area contributed by atoms with Gasteiger partial charge >= 0.3 is 0 Å². The summed E-state index contributed by atoms with van der Waals surface area (Å²) in [5.74, 6) is -0.252. The summed E-state index contributed by atoms with van der Waals surface area (Å²) in [5, 5.41) is 0.372. The van der Waals surface area contributed by atoms with Crippen LogP contribution in [0.3, 0.4) is 0 Å². The fourth-order valence-electron chi connectivity index (χ4n) is 3.73. The predicted octanol–water partition coefficient (Wildman–Crippen LogP) is 3.56. The number of carbonyl (C=O) groups excluding carboxylic acids is 1. The maximum absolute atomic E-state index is 13.0. The van der Waals surface area contributed by atoms with Gasteiger partial charge in [0, 0.05) is 37.6 Å². The van der Waals surface area contributed by atoms with E-state index in [1.165, 1.54) is 10.6 Å². The van der Waals surface area contributed by atoms with Crippen LogP contribution in [0.1, 0.15) is 10.5 Å². The molecular formula is C23H21ClN6O2. The Morgan fingerprint density at radius 3 is 2.50 bits per heavy atom. The zero-order chi connectivity index (χ0) is 22.1. The molecule has 0 aliphatic carbocycles. The second kappa shape index (κ2) is 8.57. The number of carbonyl (C=O) groups is 1. The van der Waals surface area contributed by atoms with Crippen LogP contribution in [0.4, 0.5) is 11.4 Å². The van der Waals surface area contributed by atoms with Crippen molar-refractivity contribution in [1.82, 2.24) is 19.4 Å². The highest BCUT2D eigenvalue weighted by Crippen LogP contribution is 2.25. The van der Waals surface area contributed by atoms with Crippen molar-refractivity contribution < 1.29 is 9.53 Å². The van der Waals surface area contributed by atoms with Gasteiger partial charge in [0.05, 0.1) is 43.2 Å². The van der Waals surface area contributed by atoms with E-state index in [-0.39, 0.29) is 5.91 Å². The van der Waals surface area contributed by atoms with Gasteiger partial charge in [0.25, 0.3) is 5.91 Å². The SMILES string of the molecule is CN(C(=O)c1cn2c(-c3ccc(N4CCOCC4)cc3)cnc2cn1)c1ccc(Cl)nc1. The molecule has 0 N–H and O–H groups in total. The van der Waals surface area contributed by atoms with E-state index >= 15 is 0 Å². The van der Waals surface area contributed by atoms with Crippen molar-refractivity contribution in [2.75, 3.05) is 43.2 Å². The van der Waals surface area contributed by atoms with Crippen molar-refractivity contribution >= 4 is 34.5 Å². The topological polar surface area (TPSA) is 75.9 Å². The van der Waals surface area contributed by atoms with Crippen molar-refractivity contribution in [2.24, 2.45) is 0 Å². The second-order valence-electron chi connectivity index (χ2n) is 7.49. The molecule has 0 spiro atoms. The fraction of sp³-hybridized carbons (Fsp3) is 0.217. The van der Waals surface area contributed by atoms with E-state index in [9.17, 15) is 4.79 Å². The summed E-state index contributed by atoms with van der Waals surface area (Å²) in [6, 6.07) is 11.7. The molecule has 1 aliphatic rings. The molecule has 0 radical (unpaired) electrons. The number of pyridine rings is 1. The lowest BCUT2D eigenvalue weighted by molar-refractivity contribution is 0.0987. The van der Waals surface area contributed by atoms with Gasteiger partial charge in [-0.05, 0) is 24.3 Å². The molecule has 0 atom stereocenters. The number of fused-ring (bicyclic) bond motifs is 1. The highest BCUT2D eigenvalue weighted by Gasteiger charge is 2.18. The first-order valence-electron chi connectivity index (χ1n) is 10.3. The largest absolute Gasteiger partial charge is 0.378 e. The smallest absolute Gasteiger partial charge is 0.278 e. The Morgan fingerprint density at radius 1 is 1.00 bits per heavy atom. The zero-order valence-electron chi connectivity index (χ0n) is 17.5. The highest BCUT2D eigenvalue weighted by molar-refractivity contribution is 6.29. The van der Waals surface area contributed by atoms with Crippen LogP contribution in [0.5, 0.6) is 0 Å². The molecule has 9 heteroatoms. The molecule has 162 valence electrons. The van der Waals surface area contributed by atoms with E-state index in [1.807, 2.05) is 4.40 Å². The molecule has 0 bridgehead atoms. The van der Waals surface area contributed by atoms with Crippen molar-refractivity contribution in [1.29, 1.82) is 0 Å². The Kier molecular flexibility index (Phi) is 5.46. The Labute approximate surface area is 190 Å². The molecule has 0 saturated carbocycles. The molecule has 3 aromatic heterocycles. The zero-order valence-corrected chi connectivity index (χ0v) is 18.2. The van der Waals surface area contributed by atoms with Crippen molar-refractivity contribution in [3.8, 4) is 11.3 Å². The third-order valence-corrected chi connectivity index (χ3v) is 5.78. The number of hydrogen-bond acceptors (Lipinski definition) is 6. The Balaban J connectivity index is 1.43. The van der Waals surface area contributed by atoms with Crippen LogP contribution in [0.25, 0.3) is 16.9 Å². The number of anilines is 2. The van der Waals surface area contributed by atoms with Crippen LogP contribution in [0.15, 0.2) is 61.2 Å². The summed E-state index contributed by atoms with van der Waals surface area (Å²) in [6.07, 6.45) is 6.67. The quantitative estimate of drug-likeness (QED) is 0.444. The van der Waals surface area contributed by atoms with E-state index in [0.29, 0.717) is 22.2 Å². The summed E-state index contributed by atoms with van der Waals surface area (Å²) in [7, 11) is 1.68. The van der Waals surface area contributed by atoms with Gasteiger partial charge in [-0.3, -0.25) is 9.20 Å². The lowest BCUT2D eigenvalue weighted by atomic mass is 10.1. The molecular weight excluding hydrogens is 428 g/mol. The summed E-state index contributed by atoms with van der Waals surface area (Å²) < 4.78 is 7.32. The first-order valence-corrected chi connectivity index (χ1v) is 10.6. The number of amides is 1. The number of ether oxygens (including phenoxy) is 1. The number of imidazole rings is 1. The minimum absolute atomic E-state index is 0.252. The summed E-state index contributed by atoms with van der Waals surface area (Å²) in [6.45, 7) is 3.28. The van der Waals surface area contributed by atoms with E-state index < -0.39 is 0 Å². The monoisotopic (exact) mass is 448 g/mol. The van der Waals surface area contributed by atoms with Gasteiger partial charge in [0.1, 0.15) is 10.8 Å². The number of benzene rings is 1. The van der Waals surface area contributed by atoms with Crippen LogP contribution in [0.2, 0.25) is 5.15 Å². The third-order valence-electron chi connectivity index (χ3n) is 5.56. The average molecular weight is 449 g/mol. The van der Waals surface area contributed by atoms with Gasteiger partial charge in [0.15, 0.2) is 5.65 Å². The Hall–Kier alpha value is -3.49. The van der Waals surface area contributed by atoms with E-state index in [0.717, 1.165) is 37.6 Å². The van der Waals surface area contributed by atoms with E-state index in [1.54, 1.807) is 44.0 Å². The Bertz CT molecular complexity index is 1250. The molecule has 8 nitrogen and oxygen atoms in total. The number of halogens is 1. The molecule has 1 aliphatic heterocycles. The van der Waals surface area contributed by atoms with E-state index in [2.05, 4.69) is 44.1 Å². The number of hydrogen-bond donors (Lipinski definition) is 0. The maximum atomic E-state index is 13.0. The maximum Gasteiger partial charge on any atom is 0.278 e. The van der Waals surface area contributed by atoms with Gasteiger partial charge < -0.3 is 14.5 Å². The lowest BCUT2D eigenvalue weighted by Gasteiger charge is -2.28. The molecule has 1 saturated heterocycles. The highest BCUT2D eigenvalue weighted by atomic mass is 35.5. The molecule has 0 unspecified atom stereocenters. The Morgan fingerprint density at radius 2 is 1.78 bits per heavy atom. The van der Waals surface area contributed by atoms with Gasteiger partial charge in [-0.25, -0.2) is 15.0 Å². The van der Waals surface area contributed by atoms with Gasteiger partial charge in [-0.2, -0.15) is 0 Å². The molecule has 5 rings (SSSR count). The summed E-state index contributed by atoms with van der Waals surface area (Å²) >= 11 is 5.85. The molecule has 1 fully saturated rings. The summed E-state index contributed by atoms with van der Waals surface area (Å²) in [5.41, 5.74) is 4.67. The molecule has 4 heterocycles. The van der Waals surface area contributed by atoms with Crippen molar-refractivity contribution in [3.63, 3.8) is 0 Å². The number of rotatable bonds is 4. The van der Waals surface area contributed by atoms with Crippen LogP contribution in [0, 0.1) is 0 Å². The third kappa shape index (κ3) is 3.90. The van der Waals surface area contributed by atoms with Crippen LogP contribution < -0.4 is 9.80 Å². The molecule has 4 aromatic rings. The average Bonchev–Trinajstić information content (AvgIpc) is 3.27. The fourth-order valence-corrected chi connectivity index (χ4v) is 3.85. The first kappa shape index (κ1) is 20.4. The van der Waals surface area contributed by atoms with E-state index in [4.69, 9.17) is 16.3 Å². The van der Waals surface area contributed by atoms with Crippen molar-refractivity contribution in [3.05, 3.63) is 72.0 Å². The van der Waals surface area contributed by atoms with Gasteiger partial charge in [-0.15, -0.1) is 0 Å². The van der Waals surface area contributed by atoms with Crippen LogP contribution >= 0.6 is 11.6 Å². The van der Waals surface area contributed by atoms with Gasteiger partial charge in [0.2, 0.25) is 0 Å². The van der Waals surface area contributed by atoms with Crippen molar-refractivity contribution in [2.45, 2.75) is 0 Å². The first-order chi connectivity index (χ1) is 15.6. The second-order valence-corrected chi connectivity index (χ2v) is 7.88. The molecule has 1 aromatic carbocycles. The normalized spacial score (nSPS) is 14.0. The van der Waals surface area contributed by atoms with Crippen LogP contribution in [-0.2, 0) is 4.74 Å². The lowest BCUT2D eigenvalue weighted by Crippen LogP contribution is -2.36. The predicted molar refractivity (Wildman–Crippen MR) is 123 cm³/mol. The number of morpholine rings is 1. The van der Waals surface area contributed by atoms with Gasteiger partial charge in [-0.1, -0.05) is 23.7 Å². The molecule has 32 heavy (non-hydrogen) atoms. The standard InChI is InChI=1S/C23H21ClN6O2/c1-28(18-6-7-21(24)26-12-18)23(31)19-15-30-20(13-27-22(30)14-25-19)16-2-4-17(5-3-16)29-8-10-32-11-9-29/h2-7,12-15H,8-11H2,1H3. The minimum atomic E-state index is -0.252. The molecule has 1 amide bonds.